The lowest BCUT2D eigenvalue weighted by molar-refractivity contribution is -0.131. The molecule has 2 rings (SSSR count). The second-order valence-corrected chi connectivity index (χ2v) is 5.12. The normalized spacial score (nSPS) is 11.2. The smallest absolute Gasteiger partial charge is 0.328 e. The second-order valence-electron chi connectivity index (χ2n) is 5.12. The largest absolute Gasteiger partial charge is 0.478 e. The molecule has 1 aromatic carbocycles. The molecule has 2 aromatic rings. The van der Waals surface area contributed by atoms with Crippen molar-refractivity contribution in [2.45, 2.75) is 27.7 Å². The number of hydrogen-bond donors (Lipinski definition) is 1. The molecule has 0 radical (unpaired) electrons. The van der Waals surface area contributed by atoms with Crippen LogP contribution in [0.4, 0.5) is 0 Å². The number of rotatable bonds is 3. The minimum atomic E-state index is -0.929. The molecule has 3 heteroatoms. The third kappa shape index (κ3) is 2.67. The Labute approximate surface area is 119 Å². The maximum atomic E-state index is 10.7. The van der Waals surface area contributed by atoms with E-state index in [1.165, 1.54) is 17.2 Å². The van der Waals surface area contributed by atoms with Gasteiger partial charge in [0, 0.05) is 23.2 Å². The fraction of sp³-hybridized carbons (Fsp3) is 0.235. The zero-order valence-corrected chi connectivity index (χ0v) is 12.3. The highest BCUT2D eigenvalue weighted by Crippen LogP contribution is 2.24. The van der Waals surface area contributed by atoms with Crippen LogP contribution in [0.1, 0.15) is 28.1 Å². The van der Waals surface area contributed by atoms with Gasteiger partial charge in [0.1, 0.15) is 0 Å². The molecule has 0 atom stereocenters. The van der Waals surface area contributed by atoms with Crippen molar-refractivity contribution >= 4 is 12.0 Å². The van der Waals surface area contributed by atoms with Gasteiger partial charge in [-0.2, -0.15) is 0 Å². The number of benzene rings is 1. The summed E-state index contributed by atoms with van der Waals surface area (Å²) in [5.74, 6) is -0.929. The van der Waals surface area contributed by atoms with Crippen LogP contribution < -0.4 is 0 Å². The highest BCUT2D eigenvalue weighted by atomic mass is 16.4. The van der Waals surface area contributed by atoms with E-state index in [9.17, 15) is 4.79 Å². The molecule has 0 aliphatic rings. The zero-order valence-electron chi connectivity index (χ0n) is 12.3. The minimum Gasteiger partial charge on any atom is -0.478 e. The standard InChI is InChI=1S/C17H19NO2/c1-11-5-6-12(2)16(9-11)18-13(3)10-15(14(18)4)7-8-17(19)20/h5-10H,1-4H3,(H,19,20). The monoisotopic (exact) mass is 269 g/mol. The molecule has 1 aromatic heterocycles. The van der Waals surface area contributed by atoms with Crippen LogP contribution in [0.3, 0.4) is 0 Å². The lowest BCUT2D eigenvalue weighted by atomic mass is 10.1. The van der Waals surface area contributed by atoms with E-state index in [0.29, 0.717) is 0 Å². The van der Waals surface area contributed by atoms with Crippen molar-refractivity contribution in [1.29, 1.82) is 0 Å². The van der Waals surface area contributed by atoms with Crippen molar-refractivity contribution in [1.82, 2.24) is 4.57 Å². The Hall–Kier alpha value is -2.29. The van der Waals surface area contributed by atoms with E-state index >= 15 is 0 Å². The van der Waals surface area contributed by atoms with Gasteiger partial charge in [-0.15, -0.1) is 0 Å². The number of aliphatic carboxylic acids is 1. The summed E-state index contributed by atoms with van der Waals surface area (Å²) in [4.78, 5) is 10.7. The fourth-order valence-electron chi connectivity index (χ4n) is 2.45. The first-order chi connectivity index (χ1) is 9.40. The first-order valence-corrected chi connectivity index (χ1v) is 6.57. The molecule has 0 aliphatic carbocycles. The number of hydrogen-bond acceptors (Lipinski definition) is 1. The van der Waals surface area contributed by atoms with Gasteiger partial charge in [0.25, 0.3) is 0 Å². The summed E-state index contributed by atoms with van der Waals surface area (Å²) in [6.45, 7) is 8.20. The van der Waals surface area contributed by atoms with E-state index in [-0.39, 0.29) is 0 Å². The van der Waals surface area contributed by atoms with Crippen LogP contribution in [-0.4, -0.2) is 15.6 Å². The zero-order chi connectivity index (χ0) is 14.9. The van der Waals surface area contributed by atoms with Crippen molar-refractivity contribution in [3.63, 3.8) is 0 Å². The van der Waals surface area contributed by atoms with Gasteiger partial charge in [-0.25, -0.2) is 4.79 Å². The van der Waals surface area contributed by atoms with Gasteiger partial charge in [-0.3, -0.25) is 0 Å². The average Bonchev–Trinajstić information content (AvgIpc) is 2.65. The molecule has 0 fully saturated rings. The van der Waals surface area contributed by atoms with E-state index < -0.39 is 5.97 Å². The Kier molecular flexibility index (Phi) is 3.79. The maximum Gasteiger partial charge on any atom is 0.328 e. The molecule has 0 spiro atoms. The van der Waals surface area contributed by atoms with Crippen LogP contribution in [-0.2, 0) is 4.79 Å². The molecular formula is C17H19NO2. The molecule has 104 valence electrons. The molecule has 0 saturated heterocycles. The fourth-order valence-corrected chi connectivity index (χ4v) is 2.45. The number of aromatic nitrogens is 1. The molecule has 1 N–H and O–H groups in total. The molecule has 0 unspecified atom stereocenters. The van der Waals surface area contributed by atoms with Crippen molar-refractivity contribution < 1.29 is 9.90 Å². The van der Waals surface area contributed by atoms with Gasteiger partial charge in [0.2, 0.25) is 0 Å². The van der Waals surface area contributed by atoms with E-state index in [0.717, 1.165) is 22.6 Å². The molecule has 20 heavy (non-hydrogen) atoms. The third-order valence-corrected chi connectivity index (χ3v) is 3.48. The molecule has 0 amide bonds. The molecular weight excluding hydrogens is 250 g/mol. The topological polar surface area (TPSA) is 42.2 Å². The third-order valence-electron chi connectivity index (χ3n) is 3.48. The quantitative estimate of drug-likeness (QED) is 0.861. The van der Waals surface area contributed by atoms with Crippen LogP contribution >= 0.6 is 0 Å². The van der Waals surface area contributed by atoms with E-state index in [2.05, 4.69) is 36.6 Å². The number of carboxylic acid groups (broad SMARTS) is 1. The second kappa shape index (κ2) is 5.37. The summed E-state index contributed by atoms with van der Waals surface area (Å²) < 4.78 is 2.17. The first kappa shape index (κ1) is 14.1. The van der Waals surface area contributed by atoms with E-state index in [4.69, 9.17) is 5.11 Å². The highest BCUT2D eigenvalue weighted by Gasteiger charge is 2.11. The highest BCUT2D eigenvalue weighted by molar-refractivity contribution is 5.85. The Morgan fingerprint density at radius 2 is 1.85 bits per heavy atom. The SMILES string of the molecule is Cc1ccc(C)c(-n2c(C)cc(C=CC(=O)O)c2C)c1. The Bertz CT molecular complexity index is 693. The van der Waals surface area contributed by atoms with E-state index in [1.54, 1.807) is 6.08 Å². The predicted octanol–water partition coefficient (Wildman–Crippen LogP) is 3.81. The van der Waals surface area contributed by atoms with Gasteiger partial charge >= 0.3 is 5.97 Å². The van der Waals surface area contributed by atoms with Gasteiger partial charge in [0.05, 0.1) is 0 Å². The van der Waals surface area contributed by atoms with E-state index in [1.807, 2.05) is 19.9 Å². The van der Waals surface area contributed by atoms with Crippen LogP contribution in [0.5, 0.6) is 0 Å². The van der Waals surface area contributed by atoms with Gasteiger partial charge in [0.15, 0.2) is 0 Å². The summed E-state index contributed by atoms with van der Waals surface area (Å²) in [6.07, 6.45) is 2.82. The minimum absolute atomic E-state index is 0.929. The van der Waals surface area contributed by atoms with Crippen molar-refractivity contribution in [2.24, 2.45) is 0 Å². The van der Waals surface area contributed by atoms with Crippen LogP contribution in [0.25, 0.3) is 11.8 Å². The molecule has 0 bridgehead atoms. The Morgan fingerprint density at radius 1 is 1.15 bits per heavy atom. The Morgan fingerprint density at radius 3 is 2.50 bits per heavy atom. The summed E-state index contributed by atoms with van der Waals surface area (Å²) in [5.41, 5.74) is 6.64. The molecule has 0 aliphatic heterocycles. The summed E-state index contributed by atoms with van der Waals surface area (Å²) in [5, 5.41) is 8.75. The number of carbonyl (C=O) groups is 1. The number of nitrogens with zero attached hydrogens (tertiary/aromatic N) is 1. The van der Waals surface area contributed by atoms with Crippen molar-refractivity contribution in [2.75, 3.05) is 0 Å². The maximum absolute atomic E-state index is 10.7. The number of carboxylic acids is 1. The first-order valence-electron chi connectivity index (χ1n) is 6.57. The molecule has 0 saturated carbocycles. The van der Waals surface area contributed by atoms with Crippen LogP contribution in [0.15, 0.2) is 30.3 Å². The molecule has 1 heterocycles. The molecule has 3 nitrogen and oxygen atoms in total. The summed E-state index contributed by atoms with van der Waals surface area (Å²) in [7, 11) is 0. The lowest BCUT2D eigenvalue weighted by Crippen LogP contribution is -2.02. The predicted molar refractivity (Wildman–Crippen MR) is 81.4 cm³/mol. The van der Waals surface area contributed by atoms with Crippen LogP contribution in [0.2, 0.25) is 0 Å². The lowest BCUT2D eigenvalue weighted by Gasteiger charge is -2.13. The van der Waals surface area contributed by atoms with Gasteiger partial charge in [-0.05, 0) is 62.6 Å². The van der Waals surface area contributed by atoms with Gasteiger partial charge < -0.3 is 9.67 Å². The Balaban J connectivity index is 2.58. The average molecular weight is 269 g/mol. The summed E-state index contributed by atoms with van der Waals surface area (Å²) in [6, 6.07) is 8.37. The summed E-state index contributed by atoms with van der Waals surface area (Å²) >= 11 is 0. The van der Waals surface area contributed by atoms with Crippen molar-refractivity contribution in [3.8, 4) is 5.69 Å². The van der Waals surface area contributed by atoms with Gasteiger partial charge in [-0.1, -0.05) is 12.1 Å². The van der Waals surface area contributed by atoms with Crippen molar-refractivity contribution in [3.05, 3.63) is 58.4 Å². The van der Waals surface area contributed by atoms with Crippen LogP contribution in [0, 0.1) is 27.7 Å². The number of aryl methyl sites for hydroxylation is 3.